The number of thiazole rings is 1. The smallest absolute Gasteiger partial charge is 0.272 e. The minimum Gasteiger partial charge on any atom is -0.306 e. The number of nitro groups is 1. The van der Waals surface area contributed by atoms with Crippen molar-refractivity contribution >= 4 is 28.1 Å². The van der Waals surface area contributed by atoms with E-state index in [4.69, 9.17) is 0 Å². The topological polar surface area (TPSA) is 97.2 Å². The van der Waals surface area contributed by atoms with Crippen molar-refractivity contribution in [2.75, 3.05) is 5.32 Å². The van der Waals surface area contributed by atoms with E-state index in [-0.39, 0.29) is 11.6 Å². The summed E-state index contributed by atoms with van der Waals surface area (Å²) >= 11 is 1.44. The van der Waals surface area contributed by atoms with Gasteiger partial charge in [-0.05, 0) is 19.1 Å². The Balaban J connectivity index is 1.78. The van der Waals surface area contributed by atoms with E-state index in [1.165, 1.54) is 29.5 Å². The molecule has 2 aromatic rings. The highest BCUT2D eigenvalue weighted by atomic mass is 32.1. The molecular formula is C13H12N4O3S. The van der Waals surface area contributed by atoms with Gasteiger partial charge in [0.1, 0.15) is 0 Å². The molecule has 21 heavy (non-hydrogen) atoms. The molecule has 3 rings (SSSR count). The highest BCUT2D eigenvalue weighted by molar-refractivity contribution is 7.15. The summed E-state index contributed by atoms with van der Waals surface area (Å²) < 4.78 is 0. The first kappa shape index (κ1) is 13.7. The second-order valence-electron chi connectivity index (χ2n) is 4.70. The van der Waals surface area contributed by atoms with E-state index in [9.17, 15) is 14.9 Å². The molecule has 2 heterocycles. The van der Waals surface area contributed by atoms with Crippen LogP contribution >= 0.6 is 11.3 Å². The number of carbonyl (C=O) groups excluding carboxylic acids is 1. The lowest BCUT2D eigenvalue weighted by atomic mass is 10.1. The normalized spacial score (nSPS) is 13.0. The van der Waals surface area contributed by atoms with Crippen LogP contribution in [0.15, 0.2) is 18.2 Å². The number of amides is 1. The van der Waals surface area contributed by atoms with Gasteiger partial charge in [0, 0.05) is 35.2 Å². The van der Waals surface area contributed by atoms with Crippen molar-refractivity contribution in [3.63, 3.8) is 0 Å². The summed E-state index contributed by atoms with van der Waals surface area (Å²) in [6, 6.07) is 4.30. The summed E-state index contributed by atoms with van der Waals surface area (Å²) in [7, 11) is 0. The van der Waals surface area contributed by atoms with Crippen LogP contribution in [0.4, 0.5) is 10.8 Å². The summed E-state index contributed by atoms with van der Waals surface area (Å²) in [5.41, 5.74) is 1.81. The minimum atomic E-state index is -0.463. The minimum absolute atomic E-state index is 0.00542. The van der Waals surface area contributed by atoms with Gasteiger partial charge in [0.2, 0.25) is 0 Å². The molecule has 0 radical (unpaired) electrons. The zero-order valence-electron chi connectivity index (χ0n) is 11.2. The van der Waals surface area contributed by atoms with E-state index >= 15 is 0 Å². The highest BCUT2D eigenvalue weighted by Gasteiger charge is 2.19. The van der Waals surface area contributed by atoms with Gasteiger partial charge in [-0.25, -0.2) is 4.98 Å². The number of nitrogens with one attached hydrogen (secondary N) is 2. The Bertz CT molecular complexity index is 720. The van der Waals surface area contributed by atoms with Crippen molar-refractivity contribution in [1.29, 1.82) is 0 Å². The molecule has 0 spiro atoms. The third-order valence-corrected chi connectivity index (χ3v) is 4.25. The van der Waals surface area contributed by atoms with Crippen LogP contribution in [-0.4, -0.2) is 15.8 Å². The van der Waals surface area contributed by atoms with Crippen molar-refractivity contribution in [3.8, 4) is 0 Å². The quantitative estimate of drug-likeness (QED) is 0.669. The molecule has 8 heteroatoms. The number of fused-ring (bicyclic) bond motifs is 1. The molecule has 0 saturated heterocycles. The average Bonchev–Trinajstić information content (AvgIpc) is 2.98. The predicted octanol–water partition coefficient (Wildman–Crippen LogP) is 2.22. The fraction of sp³-hybridized carbons (Fsp3) is 0.231. The zero-order valence-corrected chi connectivity index (χ0v) is 12.0. The molecule has 1 amide bonds. The second-order valence-corrected chi connectivity index (χ2v) is 5.79. The molecule has 1 aromatic carbocycles. The van der Waals surface area contributed by atoms with Crippen LogP contribution in [-0.2, 0) is 13.1 Å². The molecule has 0 aliphatic carbocycles. The molecule has 0 fully saturated rings. The molecule has 7 nitrogen and oxygen atoms in total. The monoisotopic (exact) mass is 304 g/mol. The van der Waals surface area contributed by atoms with Crippen molar-refractivity contribution in [2.45, 2.75) is 20.0 Å². The van der Waals surface area contributed by atoms with Crippen LogP contribution in [0, 0.1) is 17.0 Å². The van der Waals surface area contributed by atoms with Crippen molar-refractivity contribution in [3.05, 3.63) is 50.0 Å². The number of aryl methyl sites for hydroxylation is 1. The number of hydrogen-bond acceptors (Lipinski definition) is 6. The van der Waals surface area contributed by atoms with Gasteiger partial charge in [0.15, 0.2) is 5.13 Å². The van der Waals surface area contributed by atoms with Gasteiger partial charge in [-0.2, -0.15) is 0 Å². The lowest BCUT2D eigenvalue weighted by Gasteiger charge is -2.03. The van der Waals surface area contributed by atoms with Gasteiger partial charge < -0.3 is 5.32 Å². The number of aromatic nitrogens is 1. The van der Waals surface area contributed by atoms with E-state index in [1.807, 2.05) is 0 Å². The second kappa shape index (κ2) is 5.23. The van der Waals surface area contributed by atoms with Crippen LogP contribution in [0.25, 0.3) is 0 Å². The zero-order chi connectivity index (χ0) is 15.0. The summed E-state index contributed by atoms with van der Waals surface area (Å²) in [6.45, 7) is 3.11. The number of carbonyl (C=O) groups is 1. The van der Waals surface area contributed by atoms with Crippen molar-refractivity contribution < 1.29 is 9.72 Å². The summed E-state index contributed by atoms with van der Waals surface area (Å²) in [4.78, 5) is 27.9. The van der Waals surface area contributed by atoms with E-state index in [0.717, 1.165) is 23.7 Å². The molecule has 0 atom stereocenters. The summed E-state index contributed by atoms with van der Waals surface area (Å²) in [5.74, 6) is -0.312. The van der Waals surface area contributed by atoms with Gasteiger partial charge >= 0.3 is 0 Å². The molecule has 1 aliphatic heterocycles. The molecule has 0 saturated carbocycles. The number of benzene rings is 1. The number of hydrogen-bond donors (Lipinski definition) is 2. The SMILES string of the molecule is Cc1cc(C(=O)Nc2nc3c(s2)CNC3)ccc1[N+](=O)[O-]. The first-order valence-corrected chi connectivity index (χ1v) is 7.12. The fourth-order valence-electron chi connectivity index (χ4n) is 2.18. The fourth-order valence-corrected chi connectivity index (χ4v) is 3.12. The Morgan fingerprint density at radius 1 is 1.48 bits per heavy atom. The Morgan fingerprint density at radius 2 is 2.29 bits per heavy atom. The van der Waals surface area contributed by atoms with Gasteiger partial charge in [-0.15, -0.1) is 11.3 Å². The molecule has 108 valence electrons. The number of rotatable bonds is 3. The van der Waals surface area contributed by atoms with Crippen LogP contribution in [0.5, 0.6) is 0 Å². The molecule has 0 unspecified atom stereocenters. The van der Waals surface area contributed by atoms with Crippen molar-refractivity contribution in [1.82, 2.24) is 10.3 Å². The summed E-state index contributed by atoms with van der Waals surface area (Å²) in [6.07, 6.45) is 0. The van der Waals surface area contributed by atoms with Gasteiger partial charge in [-0.3, -0.25) is 20.2 Å². The molecule has 1 aliphatic rings. The summed E-state index contributed by atoms with van der Waals surface area (Å²) in [5, 5.41) is 17.2. The van der Waals surface area contributed by atoms with Crippen LogP contribution in [0.3, 0.4) is 0 Å². The Labute approximate surface area is 124 Å². The number of nitrogens with zero attached hydrogens (tertiary/aromatic N) is 2. The average molecular weight is 304 g/mol. The Morgan fingerprint density at radius 3 is 2.95 bits per heavy atom. The first-order chi connectivity index (χ1) is 10.0. The van der Waals surface area contributed by atoms with E-state index in [1.54, 1.807) is 6.92 Å². The first-order valence-electron chi connectivity index (χ1n) is 6.30. The molecule has 2 N–H and O–H groups in total. The van der Waals surface area contributed by atoms with E-state index in [0.29, 0.717) is 16.3 Å². The highest BCUT2D eigenvalue weighted by Crippen LogP contribution is 2.27. The van der Waals surface area contributed by atoms with E-state index < -0.39 is 4.92 Å². The Kier molecular flexibility index (Phi) is 3.40. The number of nitro benzene ring substituents is 1. The van der Waals surface area contributed by atoms with Crippen molar-refractivity contribution in [2.24, 2.45) is 0 Å². The van der Waals surface area contributed by atoms with Crippen LogP contribution < -0.4 is 10.6 Å². The van der Waals surface area contributed by atoms with E-state index in [2.05, 4.69) is 15.6 Å². The standard InChI is InChI=1S/C13H12N4O3S/c1-7-4-8(2-3-10(7)17(19)20)12(18)16-13-15-9-5-14-6-11(9)21-13/h2-4,14H,5-6H2,1H3,(H,15,16,18). The predicted molar refractivity (Wildman–Crippen MR) is 78.4 cm³/mol. The maximum Gasteiger partial charge on any atom is 0.272 e. The van der Waals surface area contributed by atoms with Crippen LogP contribution in [0.2, 0.25) is 0 Å². The van der Waals surface area contributed by atoms with Gasteiger partial charge in [-0.1, -0.05) is 0 Å². The maximum absolute atomic E-state index is 12.1. The largest absolute Gasteiger partial charge is 0.306 e. The third-order valence-electron chi connectivity index (χ3n) is 3.23. The van der Waals surface area contributed by atoms with Gasteiger partial charge in [0.25, 0.3) is 11.6 Å². The molecular weight excluding hydrogens is 292 g/mol. The lowest BCUT2D eigenvalue weighted by molar-refractivity contribution is -0.385. The lowest BCUT2D eigenvalue weighted by Crippen LogP contribution is -2.12. The van der Waals surface area contributed by atoms with Crippen LogP contribution in [0.1, 0.15) is 26.5 Å². The molecule has 0 bridgehead atoms. The third kappa shape index (κ3) is 2.63. The number of anilines is 1. The molecule has 1 aromatic heterocycles. The maximum atomic E-state index is 12.1. The Hall–Kier alpha value is -2.32. The van der Waals surface area contributed by atoms with Gasteiger partial charge in [0.05, 0.1) is 10.6 Å².